The molecule has 0 radical (unpaired) electrons. The maximum absolute atomic E-state index is 5.27. The molecule has 5 aromatic heterocycles. The van der Waals surface area contributed by atoms with E-state index in [4.69, 9.17) is 9.97 Å². The Morgan fingerprint density at radius 1 is 0.488 bits per heavy atom. The summed E-state index contributed by atoms with van der Waals surface area (Å²) in [6, 6.07) is 43.4. The van der Waals surface area contributed by atoms with Gasteiger partial charge in [-0.15, -0.1) is 11.3 Å². The van der Waals surface area contributed by atoms with Gasteiger partial charge in [-0.25, -0.2) is 9.97 Å². The summed E-state index contributed by atoms with van der Waals surface area (Å²) < 4.78 is 7.47. The molecule has 11 rings (SSSR count). The molecule has 43 heavy (non-hydrogen) atoms. The first-order valence-corrected chi connectivity index (χ1v) is 15.3. The average Bonchev–Trinajstić information content (AvgIpc) is 3.79. The number of benzene rings is 6. The molecule has 0 amide bonds. The molecule has 0 atom stereocenters. The third-order valence-electron chi connectivity index (χ3n) is 9.19. The second kappa shape index (κ2) is 7.65. The van der Waals surface area contributed by atoms with E-state index >= 15 is 0 Å². The van der Waals surface area contributed by atoms with Crippen molar-refractivity contribution in [3.05, 3.63) is 121 Å². The number of nitrogens with zero attached hydrogens (tertiary/aromatic N) is 4. The molecule has 0 N–H and O–H groups in total. The predicted molar refractivity (Wildman–Crippen MR) is 181 cm³/mol. The first-order chi connectivity index (χ1) is 21.4. The smallest absolute Gasteiger partial charge is 0.165 e. The van der Waals surface area contributed by atoms with Gasteiger partial charge in [-0.3, -0.25) is 4.40 Å². The van der Waals surface area contributed by atoms with Crippen LogP contribution >= 0.6 is 11.3 Å². The summed E-state index contributed by atoms with van der Waals surface area (Å²) >= 11 is 1.88. The Bertz CT molecular complexity index is 2940. The molecule has 0 saturated heterocycles. The van der Waals surface area contributed by atoms with E-state index in [1.807, 2.05) is 23.5 Å². The van der Waals surface area contributed by atoms with Gasteiger partial charge in [-0.05, 0) is 36.4 Å². The van der Waals surface area contributed by atoms with E-state index in [1.165, 1.54) is 69.5 Å². The van der Waals surface area contributed by atoms with Gasteiger partial charge in [0.15, 0.2) is 5.65 Å². The van der Waals surface area contributed by atoms with Crippen LogP contribution in [0.2, 0.25) is 0 Å². The Labute approximate surface area is 248 Å². The van der Waals surface area contributed by atoms with Crippen LogP contribution in [0.15, 0.2) is 121 Å². The fourth-order valence-electron chi connectivity index (χ4n) is 7.56. The molecule has 0 aliphatic carbocycles. The number of hydrogen-bond donors (Lipinski definition) is 0. The zero-order chi connectivity index (χ0) is 27.8. The van der Waals surface area contributed by atoms with Gasteiger partial charge in [0.25, 0.3) is 0 Å². The maximum atomic E-state index is 5.27. The van der Waals surface area contributed by atoms with Gasteiger partial charge in [0.1, 0.15) is 5.52 Å². The number of aromatic nitrogens is 4. The second-order valence-corrected chi connectivity index (χ2v) is 12.4. The number of hydrogen-bond acceptors (Lipinski definition) is 3. The molecular weight excluding hydrogens is 545 g/mol. The van der Waals surface area contributed by atoms with Crippen molar-refractivity contribution < 1.29 is 0 Å². The van der Waals surface area contributed by atoms with Crippen molar-refractivity contribution in [2.75, 3.05) is 0 Å². The Morgan fingerprint density at radius 3 is 2.05 bits per heavy atom. The molecule has 0 spiro atoms. The number of fused-ring (bicyclic) bond motifs is 16. The van der Waals surface area contributed by atoms with Gasteiger partial charge in [0.05, 0.1) is 37.8 Å². The van der Waals surface area contributed by atoms with Crippen LogP contribution in [0.4, 0.5) is 0 Å². The summed E-state index contributed by atoms with van der Waals surface area (Å²) in [5, 5.41) is 8.83. The molecule has 5 heterocycles. The quantitative estimate of drug-likeness (QED) is 0.199. The zero-order valence-corrected chi connectivity index (χ0v) is 23.6. The van der Waals surface area contributed by atoms with E-state index < -0.39 is 0 Å². The first-order valence-electron chi connectivity index (χ1n) is 14.5. The van der Waals surface area contributed by atoms with Crippen molar-refractivity contribution in [3.8, 4) is 5.69 Å². The van der Waals surface area contributed by atoms with E-state index in [9.17, 15) is 0 Å². The highest BCUT2D eigenvalue weighted by Crippen LogP contribution is 2.51. The lowest BCUT2D eigenvalue weighted by molar-refractivity contribution is 1.19. The zero-order valence-electron chi connectivity index (χ0n) is 22.7. The molecule has 0 aliphatic heterocycles. The minimum atomic E-state index is 0.915. The summed E-state index contributed by atoms with van der Waals surface area (Å²) in [5.74, 6) is 0. The molecule has 0 fully saturated rings. The molecule has 11 aromatic rings. The van der Waals surface area contributed by atoms with Crippen LogP contribution in [-0.4, -0.2) is 18.9 Å². The van der Waals surface area contributed by atoms with E-state index in [0.29, 0.717) is 0 Å². The predicted octanol–water partition coefficient (Wildman–Crippen LogP) is 10.2. The van der Waals surface area contributed by atoms with Gasteiger partial charge in [0.2, 0.25) is 0 Å². The van der Waals surface area contributed by atoms with E-state index in [-0.39, 0.29) is 0 Å². The van der Waals surface area contributed by atoms with Gasteiger partial charge >= 0.3 is 0 Å². The van der Waals surface area contributed by atoms with Crippen molar-refractivity contribution >= 4 is 103 Å². The lowest BCUT2D eigenvalue weighted by Crippen LogP contribution is -1.94. The van der Waals surface area contributed by atoms with Crippen molar-refractivity contribution in [1.82, 2.24) is 18.9 Å². The molecule has 5 heteroatoms. The molecule has 6 aromatic carbocycles. The van der Waals surface area contributed by atoms with Crippen LogP contribution in [0.3, 0.4) is 0 Å². The SMILES string of the molecule is c1ccc(-n2c3ccccc3c3c4c5cccc6c7nc8ccccc8nc7n(c65)c4c4sc5ccccc5c4c32)cc1. The highest BCUT2D eigenvalue weighted by Gasteiger charge is 2.28. The average molecular weight is 565 g/mol. The Balaban J connectivity index is 1.53. The Hall–Kier alpha value is -5.52. The van der Waals surface area contributed by atoms with Gasteiger partial charge < -0.3 is 4.57 Å². The van der Waals surface area contributed by atoms with E-state index in [1.54, 1.807) is 0 Å². The largest absolute Gasteiger partial charge is 0.309 e. The molecule has 0 saturated carbocycles. The molecular formula is C38H20N4S. The third kappa shape index (κ3) is 2.59. The summed E-state index contributed by atoms with van der Waals surface area (Å²) in [5.41, 5.74) is 9.80. The summed E-state index contributed by atoms with van der Waals surface area (Å²) in [6.07, 6.45) is 0. The molecule has 0 aliphatic rings. The van der Waals surface area contributed by atoms with Gasteiger partial charge in [-0.2, -0.15) is 0 Å². The lowest BCUT2D eigenvalue weighted by Gasteiger charge is -2.10. The minimum Gasteiger partial charge on any atom is -0.309 e. The molecule has 0 unspecified atom stereocenters. The number of rotatable bonds is 1. The van der Waals surface area contributed by atoms with Crippen LogP contribution in [0, 0.1) is 0 Å². The molecule has 0 bridgehead atoms. The van der Waals surface area contributed by atoms with Crippen LogP contribution in [-0.2, 0) is 0 Å². The number of thiophene rings is 1. The van der Waals surface area contributed by atoms with E-state index in [0.717, 1.165) is 27.6 Å². The molecule has 198 valence electrons. The first kappa shape index (κ1) is 22.1. The van der Waals surface area contributed by atoms with E-state index in [2.05, 4.69) is 118 Å². The van der Waals surface area contributed by atoms with Gasteiger partial charge in [0, 0.05) is 48.1 Å². The second-order valence-electron chi connectivity index (χ2n) is 11.4. The van der Waals surface area contributed by atoms with Crippen molar-refractivity contribution in [2.45, 2.75) is 0 Å². The molecule has 4 nitrogen and oxygen atoms in total. The van der Waals surface area contributed by atoms with Crippen molar-refractivity contribution in [2.24, 2.45) is 0 Å². The highest BCUT2D eigenvalue weighted by atomic mass is 32.1. The van der Waals surface area contributed by atoms with Crippen molar-refractivity contribution in [1.29, 1.82) is 0 Å². The third-order valence-corrected chi connectivity index (χ3v) is 10.4. The van der Waals surface area contributed by atoms with Crippen LogP contribution in [0.1, 0.15) is 0 Å². The standard InChI is InChI=1S/C38H20N4S/c1-2-11-21(12-3-1)41-28-19-8-4-13-22(28)30-31-24-15-10-16-25-33-38(40-27-18-7-6-17-26(27)39-33)42(34(24)25)36(31)37-32(35(30)41)23-14-5-9-20-29(23)43-37/h1-20H. The Kier molecular flexibility index (Phi) is 3.94. The summed E-state index contributed by atoms with van der Waals surface area (Å²) in [7, 11) is 0. The fraction of sp³-hybridized carbons (Fsp3) is 0. The topological polar surface area (TPSA) is 35.1 Å². The normalized spacial score (nSPS) is 12.7. The number of para-hydroxylation sites is 5. The fourth-order valence-corrected chi connectivity index (χ4v) is 8.80. The van der Waals surface area contributed by atoms with Crippen LogP contribution < -0.4 is 0 Å². The maximum Gasteiger partial charge on any atom is 0.165 e. The summed E-state index contributed by atoms with van der Waals surface area (Å²) in [6.45, 7) is 0. The van der Waals surface area contributed by atoms with Crippen LogP contribution in [0.25, 0.3) is 97.1 Å². The summed E-state index contributed by atoms with van der Waals surface area (Å²) in [4.78, 5) is 10.4. The minimum absolute atomic E-state index is 0.915. The van der Waals surface area contributed by atoms with Crippen molar-refractivity contribution in [3.63, 3.8) is 0 Å². The van der Waals surface area contributed by atoms with Gasteiger partial charge in [-0.1, -0.05) is 84.9 Å². The monoisotopic (exact) mass is 564 g/mol. The highest BCUT2D eigenvalue weighted by molar-refractivity contribution is 7.27. The van der Waals surface area contributed by atoms with Crippen LogP contribution in [0.5, 0.6) is 0 Å². The lowest BCUT2D eigenvalue weighted by atomic mass is 10.0. The Morgan fingerprint density at radius 2 is 1.16 bits per heavy atom.